The van der Waals surface area contributed by atoms with Crippen LogP contribution in [0.2, 0.25) is 0 Å². The molecule has 1 amide bonds. The molecule has 2 N–H and O–H groups in total. The summed E-state index contributed by atoms with van der Waals surface area (Å²) in [5, 5.41) is 14.9. The van der Waals surface area contributed by atoms with Gasteiger partial charge in [-0.3, -0.25) is 9.63 Å². The van der Waals surface area contributed by atoms with Crippen LogP contribution in [0.1, 0.15) is 10.4 Å². The van der Waals surface area contributed by atoms with Gasteiger partial charge in [0.25, 0.3) is 5.91 Å². The highest BCUT2D eigenvalue weighted by atomic mass is 127. The van der Waals surface area contributed by atoms with Gasteiger partial charge in [-0.1, -0.05) is 11.3 Å². The first-order valence-electron chi connectivity index (χ1n) is 7.75. The normalized spacial score (nSPS) is 17.0. The Morgan fingerprint density at radius 2 is 2.31 bits per heavy atom. The molecule has 4 rings (SSSR count). The number of aromatic nitrogens is 1. The maximum absolute atomic E-state index is 14.2. The number of fused-ring (bicyclic) bond motifs is 1. The lowest BCUT2D eigenvalue weighted by molar-refractivity contribution is -0.0777. The predicted molar refractivity (Wildman–Crippen MR) is 105 cm³/mol. The first kappa shape index (κ1) is 17.6. The van der Waals surface area contributed by atoms with Crippen molar-refractivity contribution in [1.29, 1.82) is 0 Å². The Bertz CT molecular complexity index is 997. The number of benzene rings is 1. The highest BCUT2D eigenvalue weighted by Crippen LogP contribution is 2.38. The van der Waals surface area contributed by atoms with E-state index >= 15 is 0 Å². The van der Waals surface area contributed by atoms with Crippen molar-refractivity contribution in [1.82, 2.24) is 10.0 Å². The minimum atomic E-state index is -0.716. The van der Waals surface area contributed by atoms with Gasteiger partial charge >= 0.3 is 0 Å². The molecule has 0 unspecified atom stereocenters. The quantitative estimate of drug-likeness (QED) is 0.556. The molecular formula is C17H13FIN3O3S. The first-order chi connectivity index (χ1) is 12.5. The molecule has 0 saturated carbocycles. The number of carbonyl (C=O) groups is 1. The van der Waals surface area contributed by atoms with Gasteiger partial charge in [0.1, 0.15) is 28.4 Å². The fourth-order valence-corrected chi connectivity index (χ4v) is 4.19. The number of amides is 1. The number of hydrogen-bond acceptors (Lipinski definition) is 6. The fraction of sp³-hybridized carbons (Fsp3) is 0.176. The number of pyridine rings is 1. The van der Waals surface area contributed by atoms with Crippen molar-refractivity contribution in [3.63, 3.8) is 0 Å². The average molecular weight is 485 g/mol. The Balaban J connectivity index is 1.77. The number of nitrogens with one attached hydrogen (secondary N) is 1. The Kier molecular flexibility index (Phi) is 4.78. The van der Waals surface area contributed by atoms with Gasteiger partial charge in [0.05, 0.1) is 17.8 Å². The van der Waals surface area contributed by atoms with Gasteiger partial charge in [-0.05, 0) is 52.9 Å². The number of thiophene rings is 1. The summed E-state index contributed by atoms with van der Waals surface area (Å²) in [7, 11) is 0. The van der Waals surface area contributed by atoms with Gasteiger partial charge in [0.2, 0.25) is 0 Å². The molecule has 0 aliphatic carbocycles. The van der Waals surface area contributed by atoms with Crippen LogP contribution >= 0.6 is 33.9 Å². The lowest BCUT2D eigenvalue weighted by Gasteiger charge is -2.15. The maximum atomic E-state index is 14.2. The van der Waals surface area contributed by atoms with Crippen LogP contribution in [0.3, 0.4) is 0 Å². The molecular weight excluding hydrogens is 472 g/mol. The van der Waals surface area contributed by atoms with Crippen molar-refractivity contribution in [3.05, 3.63) is 51.5 Å². The third kappa shape index (κ3) is 3.27. The molecule has 1 aliphatic heterocycles. The van der Waals surface area contributed by atoms with E-state index < -0.39 is 17.8 Å². The van der Waals surface area contributed by atoms with Gasteiger partial charge in [-0.25, -0.2) is 14.4 Å². The van der Waals surface area contributed by atoms with Crippen molar-refractivity contribution >= 4 is 60.7 Å². The molecule has 1 aliphatic rings. The number of anilines is 2. The van der Waals surface area contributed by atoms with Crippen LogP contribution in [0, 0.1) is 9.39 Å². The summed E-state index contributed by atoms with van der Waals surface area (Å²) >= 11 is 3.30. The topological polar surface area (TPSA) is 74.7 Å². The van der Waals surface area contributed by atoms with E-state index in [1.54, 1.807) is 30.5 Å². The number of rotatable bonds is 3. The Labute approximate surface area is 165 Å². The molecule has 3 aromatic rings. The van der Waals surface area contributed by atoms with Crippen molar-refractivity contribution < 1.29 is 19.1 Å². The second-order valence-corrected chi connectivity index (χ2v) is 7.97. The van der Waals surface area contributed by atoms with Crippen LogP contribution in [0.5, 0.6) is 0 Å². The van der Waals surface area contributed by atoms with Crippen LogP contribution in [-0.4, -0.2) is 40.3 Å². The molecule has 6 nitrogen and oxygen atoms in total. The largest absolute Gasteiger partial charge is 0.389 e. The zero-order chi connectivity index (χ0) is 18.3. The molecule has 1 saturated heterocycles. The van der Waals surface area contributed by atoms with Crippen molar-refractivity contribution in [2.75, 3.05) is 18.5 Å². The van der Waals surface area contributed by atoms with Gasteiger partial charge in [-0.15, -0.1) is 0 Å². The molecule has 1 aromatic carbocycles. The smallest absolute Gasteiger partial charge is 0.281 e. The summed E-state index contributed by atoms with van der Waals surface area (Å²) in [6.07, 6.45) is 0.922. The van der Waals surface area contributed by atoms with Crippen molar-refractivity contribution in [3.8, 4) is 0 Å². The van der Waals surface area contributed by atoms with Gasteiger partial charge in [0.15, 0.2) is 0 Å². The monoisotopic (exact) mass is 485 g/mol. The number of nitrogens with zero attached hydrogens (tertiary/aromatic N) is 2. The summed E-state index contributed by atoms with van der Waals surface area (Å²) in [5.74, 6) is -0.803. The number of β-amino-alcohol motifs (C(OH)–C–C–N with tert-alkyl or cyclic N) is 1. The van der Waals surface area contributed by atoms with Crippen molar-refractivity contribution in [2.24, 2.45) is 0 Å². The van der Waals surface area contributed by atoms with Gasteiger partial charge < -0.3 is 10.4 Å². The van der Waals surface area contributed by atoms with E-state index in [0.29, 0.717) is 20.8 Å². The molecule has 1 atom stereocenters. The summed E-state index contributed by atoms with van der Waals surface area (Å²) in [6.45, 7) is 0.161. The number of hydroxylamine groups is 2. The molecule has 134 valence electrons. The molecule has 0 radical (unpaired) electrons. The van der Waals surface area contributed by atoms with Gasteiger partial charge in [0, 0.05) is 15.2 Å². The van der Waals surface area contributed by atoms with Crippen LogP contribution < -0.4 is 5.32 Å². The number of hydrogen-bond donors (Lipinski definition) is 2. The van der Waals surface area contributed by atoms with E-state index in [-0.39, 0.29) is 18.8 Å². The lowest BCUT2D eigenvalue weighted by Crippen LogP contribution is -2.28. The highest BCUT2D eigenvalue weighted by Gasteiger charge is 2.31. The van der Waals surface area contributed by atoms with E-state index in [1.807, 2.05) is 22.6 Å². The molecule has 0 spiro atoms. The summed E-state index contributed by atoms with van der Waals surface area (Å²) in [6, 6.07) is 8.34. The van der Waals surface area contributed by atoms with Gasteiger partial charge in [-0.2, -0.15) is 0 Å². The average Bonchev–Trinajstić information content (AvgIpc) is 3.20. The summed E-state index contributed by atoms with van der Waals surface area (Å²) in [5.41, 5.74) is 0.624. The first-order valence-corrected chi connectivity index (χ1v) is 9.65. The summed E-state index contributed by atoms with van der Waals surface area (Å²) in [4.78, 5) is 23.2. The standard InChI is InChI=1S/C17H13FIN3O3S/c18-12-6-9(19)3-4-13(12)21-16-14(11-2-1-5-20-15(11)26-16)17(24)22-7-10(23)8-25-22/h1-6,10,21,23H,7-8H2/t10-/m1/s1. The molecule has 3 heterocycles. The lowest BCUT2D eigenvalue weighted by atomic mass is 10.2. The molecule has 0 bridgehead atoms. The number of aliphatic hydroxyl groups is 1. The van der Waals surface area contributed by atoms with E-state index in [9.17, 15) is 14.3 Å². The zero-order valence-electron chi connectivity index (χ0n) is 13.3. The Hall–Kier alpha value is -1.82. The van der Waals surface area contributed by atoms with Crippen LogP contribution in [-0.2, 0) is 4.84 Å². The second-order valence-electron chi connectivity index (χ2n) is 5.73. The third-order valence-corrected chi connectivity index (χ3v) is 5.59. The maximum Gasteiger partial charge on any atom is 0.281 e. The fourth-order valence-electron chi connectivity index (χ4n) is 2.69. The second kappa shape index (κ2) is 7.06. The van der Waals surface area contributed by atoms with Crippen molar-refractivity contribution in [2.45, 2.75) is 6.10 Å². The number of aliphatic hydroxyl groups excluding tert-OH is 1. The van der Waals surface area contributed by atoms with Crippen LogP contribution in [0.25, 0.3) is 10.2 Å². The van der Waals surface area contributed by atoms with E-state index in [1.165, 1.54) is 17.4 Å². The van der Waals surface area contributed by atoms with Crippen LogP contribution in [0.4, 0.5) is 15.1 Å². The number of halogens is 2. The van der Waals surface area contributed by atoms with E-state index in [2.05, 4.69) is 10.3 Å². The minimum Gasteiger partial charge on any atom is -0.389 e. The highest BCUT2D eigenvalue weighted by molar-refractivity contribution is 14.1. The van der Waals surface area contributed by atoms with E-state index in [0.717, 1.165) is 8.63 Å². The predicted octanol–water partition coefficient (Wildman–Crippen LogP) is 3.53. The van der Waals surface area contributed by atoms with E-state index in [4.69, 9.17) is 4.84 Å². The zero-order valence-corrected chi connectivity index (χ0v) is 16.3. The molecule has 2 aromatic heterocycles. The third-order valence-electron chi connectivity index (χ3n) is 3.89. The minimum absolute atomic E-state index is 0.0700. The molecule has 9 heteroatoms. The Morgan fingerprint density at radius 1 is 1.46 bits per heavy atom. The van der Waals surface area contributed by atoms with Crippen LogP contribution in [0.15, 0.2) is 36.5 Å². The summed E-state index contributed by atoms with van der Waals surface area (Å²) < 4.78 is 15.0. The SMILES string of the molecule is O=C(c1c(Nc2ccc(I)cc2F)sc2ncccc12)N1C[C@@H](O)CO1. The Morgan fingerprint density at radius 3 is 3.04 bits per heavy atom. The molecule has 26 heavy (non-hydrogen) atoms. The molecule has 1 fully saturated rings. The number of carbonyl (C=O) groups excluding carboxylic acids is 1.